The maximum atomic E-state index is 12.2. The summed E-state index contributed by atoms with van der Waals surface area (Å²) < 4.78 is 2.04. The first-order valence-corrected chi connectivity index (χ1v) is 8.00. The average molecular weight is 299 g/mol. The zero-order chi connectivity index (χ0) is 16.1. The lowest BCUT2D eigenvalue weighted by Crippen LogP contribution is -2.46. The predicted octanol–water partition coefficient (Wildman–Crippen LogP) is 1.49. The minimum Gasteiger partial charge on any atom is -0.377 e. The molecular formula is C18H25N3O. The third kappa shape index (κ3) is 3.21. The van der Waals surface area contributed by atoms with Crippen LogP contribution in [0, 0.1) is 0 Å². The molecule has 0 saturated heterocycles. The van der Waals surface area contributed by atoms with Crippen molar-refractivity contribution in [3.63, 3.8) is 0 Å². The molecule has 0 aliphatic carbocycles. The number of nitrogens with zero attached hydrogens (tertiary/aromatic N) is 3. The molecule has 2 rings (SSSR count). The van der Waals surface area contributed by atoms with E-state index in [4.69, 9.17) is 0 Å². The fourth-order valence-corrected chi connectivity index (χ4v) is 2.89. The molecule has 0 atom stereocenters. The maximum absolute atomic E-state index is 12.2. The van der Waals surface area contributed by atoms with Crippen molar-refractivity contribution < 1.29 is 0 Å². The Morgan fingerprint density at radius 1 is 1.32 bits per heavy atom. The van der Waals surface area contributed by atoms with Gasteiger partial charge in [0.2, 0.25) is 0 Å². The summed E-state index contributed by atoms with van der Waals surface area (Å²) in [6.45, 7) is 15.0. The quantitative estimate of drug-likeness (QED) is 0.799. The fraction of sp³-hybridized carbons (Fsp3) is 0.444. The van der Waals surface area contributed by atoms with E-state index in [1.807, 2.05) is 4.57 Å². The van der Waals surface area contributed by atoms with Crippen LogP contribution in [0.3, 0.4) is 0 Å². The van der Waals surface area contributed by atoms with Crippen LogP contribution in [-0.2, 0) is 6.54 Å². The van der Waals surface area contributed by atoms with Crippen LogP contribution < -0.4 is 16.1 Å². The second kappa shape index (κ2) is 7.25. The molecule has 1 aromatic rings. The highest BCUT2D eigenvalue weighted by Crippen LogP contribution is 2.22. The van der Waals surface area contributed by atoms with Gasteiger partial charge in [-0.15, -0.1) is 0 Å². The highest BCUT2D eigenvalue weighted by molar-refractivity contribution is 5.62. The summed E-state index contributed by atoms with van der Waals surface area (Å²) in [6.07, 6.45) is 8.59. The Kier molecular flexibility index (Phi) is 5.36. The molecule has 1 aliphatic rings. The molecule has 0 N–H and O–H groups in total. The van der Waals surface area contributed by atoms with Crippen LogP contribution in [0.15, 0.2) is 23.6 Å². The van der Waals surface area contributed by atoms with Crippen molar-refractivity contribution in [3.8, 4) is 0 Å². The molecule has 0 fully saturated rings. The van der Waals surface area contributed by atoms with Crippen LogP contribution in [-0.4, -0.2) is 27.5 Å². The van der Waals surface area contributed by atoms with Crippen molar-refractivity contribution in [1.82, 2.24) is 14.5 Å². The van der Waals surface area contributed by atoms with E-state index in [1.165, 1.54) is 0 Å². The Hall–Kier alpha value is -2.10. The summed E-state index contributed by atoms with van der Waals surface area (Å²) in [7, 11) is 0. The first kappa shape index (κ1) is 16.3. The fourth-order valence-electron chi connectivity index (χ4n) is 2.89. The van der Waals surface area contributed by atoms with Crippen molar-refractivity contribution in [1.29, 1.82) is 0 Å². The molecule has 0 radical (unpaired) electrons. The van der Waals surface area contributed by atoms with Crippen LogP contribution in [0.2, 0.25) is 0 Å². The van der Waals surface area contributed by atoms with Gasteiger partial charge in [-0.3, -0.25) is 4.79 Å². The maximum Gasteiger partial charge on any atom is 0.281 e. The smallest absolute Gasteiger partial charge is 0.281 e. The van der Waals surface area contributed by atoms with Crippen LogP contribution in [0.4, 0.5) is 0 Å². The Balaban J connectivity index is 2.49. The summed E-state index contributed by atoms with van der Waals surface area (Å²) in [5.41, 5.74) is 0.913. The van der Waals surface area contributed by atoms with E-state index in [2.05, 4.69) is 43.1 Å². The minimum absolute atomic E-state index is 0.221. The van der Waals surface area contributed by atoms with Crippen molar-refractivity contribution in [3.05, 3.63) is 45.6 Å². The molecular weight excluding hydrogens is 274 g/mol. The lowest BCUT2D eigenvalue weighted by atomic mass is 10.2. The number of hydrogen-bond acceptors (Lipinski definition) is 3. The van der Waals surface area contributed by atoms with Gasteiger partial charge < -0.3 is 9.47 Å². The molecule has 1 aromatic heterocycles. The topological polar surface area (TPSA) is 38.1 Å². The monoisotopic (exact) mass is 299 g/mol. The minimum atomic E-state index is -0.221. The van der Waals surface area contributed by atoms with Gasteiger partial charge in [-0.05, 0) is 25.3 Å². The Labute approximate surface area is 131 Å². The molecule has 0 unspecified atom stereocenters. The standard InChI is InChI=1S/C18H25N3O/c1-5-8-16-14(4)21-12-9-15(17(21)19-18(16)22)13-20(10-6-2)11-7-3/h5,8,13H,1,4,6-7,9-12H2,2-3H3/b15-13+,16-8+. The largest absolute Gasteiger partial charge is 0.377 e. The van der Waals surface area contributed by atoms with E-state index in [0.717, 1.165) is 55.6 Å². The van der Waals surface area contributed by atoms with E-state index in [9.17, 15) is 4.79 Å². The van der Waals surface area contributed by atoms with Crippen LogP contribution in [0.5, 0.6) is 0 Å². The SMILES string of the molecule is C=C/C=c1/c(=O)nc2n(c1=C)CC/C2=C\N(CCC)CCC. The van der Waals surface area contributed by atoms with Gasteiger partial charge in [0.15, 0.2) is 0 Å². The Morgan fingerprint density at radius 2 is 2.00 bits per heavy atom. The summed E-state index contributed by atoms with van der Waals surface area (Å²) in [6, 6.07) is 0. The highest BCUT2D eigenvalue weighted by Gasteiger charge is 2.19. The van der Waals surface area contributed by atoms with E-state index < -0.39 is 0 Å². The molecule has 0 saturated carbocycles. The van der Waals surface area contributed by atoms with Crippen molar-refractivity contribution in [2.45, 2.75) is 39.7 Å². The van der Waals surface area contributed by atoms with Crippen LogP contribution >= 0.6 is 0 Å². The molecule has 118 valence electrons. The molecule has 0 amide bonds. The molecule has 2 heterocycles. The van der Waals surface area contributed by atoms with Gasteiger partial charge in [0, 0.05) is 36.8 Å². The third-order valence-corrected chi connectivity index (χ3v) is 3.87. The second-order valence-electron chi connectivity index (χ2n) is 5.60. The summed E-state index contributed by atoms with van der Waals surface area (Å²) in [5, 5.41) is 1.27. The number of hydrogen-bond donors (Lipinski definition) is 0. The van der Waals surface area contributed by atoms with E-state index in [1.54, 1.807) is 12.2 Å². The molecule has 0 aromatic carbocycles. The Bertz CT molecular complexity index is 737. The number of aromatic nitrogens is 2. The van der Waals surface area contributed by atoms with Crippen molar-refractivity contribution in [2.75, 3.05) is 13.1 Å². The number of rotatable bonds is 6. The lowest BCUT2D eigenvalue weighted by molar-refractivity contribution is 0.376. The van der Waals surface area contributed by atoms with Crippen LogP contribution in [0.1, 0.15) is 38.9 Å². The van der Waals surface area contributed by atoms with Gasteiger partial charge in [-0.25, -0.2) is 0 Å². The first-order chi connectivity index (χ1) is 10.6. The van der Waals surface area contributed by atoms with Crippen molar-refractivity contribution >= 4 is 18.2 Å². The van der Waals surface area contributed by atoms with E-state index in [-0.39, 0.29) is 5.56 Å². The summed E-state index contributed by atoms with van der Waals surface area (Å²) in [5.74, 6) is 0.772. The molecule has 4 heteroatoms. The first-order valence-electron chi connectivity index (χ1n) is 8.00. The van der Waals surface area contributed by atoms with Gasteiger partial charge >= 0.3 is 0 Å². The summed E-state index contributed by atoms with van der Waals surface area (Å²) >= 11 is 0. The normalized spacial score (nSPS) is 16.1. The molecule has 1 aliphatic heterocycles. The van der Waals surface area contributed by atoms with E-state index in [0.29, 0.717) is 5.22 Å². The van der Waals surface area contributed by atoms with Gasteiger partial charge in [0.05, 0.1) is 5.22 Å². The lowest BCUT2D eigenvalue weighted by Gasteiger charge is -2.19. The zero-order valence-electron chi connectivity index (χ0n) is 13.6. The predicted molar refractivity (Wildman–Crippen MR) is 92.7 cm³/mol. The third-order valence-electron chi connectivity index (χ3n) is 3.87. The van der Waals surface area contributed by atoms with Crippen molar-refractivity contribution in [2.24, 2.45) is 0 Å². The highest BCUT2D eigenvalue weighted by atomic mass is 16.1. The zero-order valence-corrected chi connectivity index (χ0v) is 13.6. The van der Waals surface area contributed by atoms with E-state index >= 15 is 0 Å². The molecule has 0 spiro atoms. The summed E-state index contributed by atoms with van der Waals surface area (Å²) in [4.78, 5) is 18.8. The van der Waals surface area contributed by atoms with Gasteiger partial charge in [0.25, 0.3) is 5.56 Å². The van der Waals surface area contributed by atoms with Gasteiger partial charge in [-0.1, -0.05) is 33.1 Å². The molecule has 0 bridgehead atoms. The molecule has 4 nitrogen and oxygen atoms in total. The number of fused-ring (bicyclic) bond motifs is 1. The number of allylic oxidation sites excluding steroid dienone is 2. The second-order valence-corrected chi connectivity index (χ2v) is 5.60. The molecule has 22 heavy (non-hydrogen) atoms. The van der Waals surface area contributed by atoms with Crippen LogP contribution in [0.25, 0.3) is 18.2 Å². The average Bonchev–Trinajstić information content (AvgIpc) is 2.87. The van der Waals surface area contributed by atoms with Gasteiger partial charge in [-0.2, -0.15) is 4.98 Å². The van der Waals surface area contributed by atoms with Gasteiger partial charge in [0.1, 0.15) is 5.82 Å². The Morgan fingerprint density at radius 3 is 2.59 bits per heavy atom.